The molecule has 92 valence electrons. The Labute approximate surface area is 99.8 Å². The van der Waals surface area contributed by atoms with Gasteiger partial charge in [0.15, 0.2) is 5.84 Å². The van der Waals surface area contributed by atoms with E-state index in [0.29, 0.717) is 19.4 Å². The fourth-order valence-electron chi connectivity index (χ4n) is 1.81. The summed E-state index contributed by atoms with van der Waals surface area (Å²) in [5, 5.41) is 14.5. The summed E-state index contributed by atoms with van der Waals surface area (Å²) >= 11 is 1.75. The minimum atomic E-state index is -0.742. The van der Waals surface area contributed by atoms with Crippen LogP contribution in [0.5, 0.6) is 0 Å². The Morgan fingerprint density at radius 2 is 2.31 bits per heavy atom. The van der Waals surface area contributed by atoms with E-state index in [9.17, 15) is 4.79 Å². The second-order valence-corrected chi connectivity index (χ2v) is 5.01. The molecule has 0 spiro atoms. The van der Waals surface area contributed by atoms with E-state index >= 15 is 0 Å². The Kier molecular flexibility index (Phi) is 4.92. The van der Waals surface area contributed by atoms with Gasteiger partial charge in [-0.05, 0) is 31.3 Å². The number of oxime groups is 1. The first-order valence-corrected chi connectivity index (χ1v) is 6.82. The van der Waals surface area contributed by atoms with Crippen LogP contribution in [0.4, 0.5) is 0 Å². The monoisotopic (exact) mass is 245 g/mol. The number of carbonyl (C=O) groups excluding carboxylic acids is 1. The van der Waals surface area contributed by atoms with Crippen LogP contribution in [0.25, 0.3) is 0 Å². The van der Waals surface area contributed by atoms with E-state index in [0.717, 1.165) is 18.6 Å². The topological polar surface area (TPSA) is 87.7 Å². The quantitative estimate of drug-likeness (QED) is 0.212. The normalized spacial score (nSPS) is 18.9. The number of amides is 1. The van der Waals surface area contributed by atoms with Gasteiger partial charge in [0, 0.05) is 6.54 Å². The van der Waals surface area contributed by atoms with Crippen molar-refractivity contribution in [3.8, 4) is 0 Å². The Morgan fingerprint density at radius 3 is 2.75 bits per heavy atom. The van der Waals surface area contributed by atoms with Crippen LogP contribution in [0.15, 0.2) is 5.16 Å². The molecule has 0 aromatic heterocycles. The average Bonchev–Trinajstić information content (AvgIpc) is 2.22. The zero-order valence-corrected chi connectivity index (χ0v) is 10.3. The number of nitrogens with one attached hydrogen (secondary N) is 1. The van der Waals surface area contributed by atoms with Gasteiger partial charge in [-0.25, -0.2) is 0 Å². The first kappa shape index (κ1) is 13.2. The van der Waals surface area contributed by atoms with Crippen LogP contribution < -0.4 is 11.1 Å². The summed E-state index contributed by atoms with van der Waals surface area (Å²) in [5.41, 5.74) is 4.84. The highest BCUT2D eigenvalue weighted by Crippen LogP contribution is 2.41. The van der Waals surface area contributed by atoms with Crippen LogP contribution in [-0.2, 0) is 4.79 Å². The van der Waals surface area contributed by atoms with Crippen LogP contribution in [0, 0.1) is 5.41 Å². The summed E-state index contributed by atoms with van der Waals surface area (Å²) in [4.78, 5) is 11.9. The van der Waals surface area contributed by atoms with E-state index in [4.69, 9.17) is 10.9 Å². The van der Waals surface area contributed by atoms with Crippen LogP contribution >= 0.6 is 11.8 Å². The van der Waals surface area contributed by atoms with Gasteiger partial charge in [-0.15, -0.1) is 0 Å². The molecule has 0 saturated heterocycles. The molecule has 0 heterocycles. The van der Waals surface area contributed by atoms with E-state index < -0.39 is 5.41 Å². The lowest BCUT2D eigenvalue weighted by Gasteiger charge is -2.38. The summed E-state index contributed by atoms with van der Waals surface area (Å²) < 4.78 is 0. The third-order valence-corrected chi connectivity index (χ3v) is 3.75. The minimum absolute atomic E-state index is 0.0427. The molecular formula is C10H19N3O2S. The van der Waals surface area contributed by atoms with Gasteiger partial charge >= 0.3 is 0 Å². The number of amidine groups is 1. The molecular weight excluding hydrogens is 226 g/mol. The molecule has 1 aliphatic carbocycles. The van der Waals surface area contributed by atoms with E-state index in [2.05, 4.69) is 10.5 Å². The molecule has 1 fully saturated rings. The number of thioether (sulfide) groups is 1. The van der Waals surface area contributed by atoms with E-state index in [-0.39, 0.29) is 11.7 Å². The predicted molar refractivity (Wildman–Crippen MR) is 65.7 cm³/mol. The Balaban J connectivity index is 2.44. The summed E-state index contributed by atoms with van der Waals surface area (Å²) in [7, 11) is 0. The zero-order valence-electron chi connectivity index (χ0n) is 9.53. The molecule has 0 aliphatic heterocycles. The maximum Gasteiger partial charge on any atom is 0.233 e. The third kappa shape index (κ3) is 2.61. The van der Waals surface area contributed by atoms with Gasteiger partial charge in [0.25, 0.3) is 0 Å². The van der Waals surface area contributed by atoms with Crippen molar-refractivity contribution in [1.29, 1.82) is 0 Å². The van der Waals surface area contributed by atoms with Crippen molar-refractivity contribution in [3.63, 3.8) is 0 Å². The van der Waals surface area contributed by atoms with Crippen molar-refractivity contribution < 1.29 is 10.0 Å². The third-order valence-electron chi connectivity index (χ3n) is 3.05. The van der Waals surface area contributed by atoms with Crippen molar-refractivity contribution >= 4 is 23.5 Å². The van der Waals surface area contributed by atoms with Gasteiger partial charge in [0.1, 0.15) is 5.41 Å². The number of hydrogen-bond donors (Lipinski definition) is 3. The molecule has 0 radical (unpaired) electrons. The highest BCUT2D eigenvalue weighted by Gasteiger charge is 2.48. The molecule has 0 unspecified atom stereocenters. The van der Waals surface area contributed by atoms with Gasteiger partial charge in [0.2, 0.25) is 5.91 Å². The van der Waals surface area contributed by atoms with Crippen LogP contribution in [-0.4, -0.2) is 35.5 Å². The first-order chi connectivity index (χ1) is 7.67. The van der Waals surface area contributed by atoms with Crippen molar-refractivity contribution in [2.24, 2.45) is 16.3 Å². The number of nitrogens with zero attached hydrogens (tertiary/aromatic N) is 1. The molecule has 16 heavy (non-hydrogen) atoms. The molecule has 0 aromatic rings. The molecule has 4 N–H and O–H groups in total. The first-order valence-electron chi connectivity index (χ1n) is 5.42. The SMILES string of the molecule is CSCCCNC(=O)C1(C(N)=NO)CCC1. The fourth-order valence-corrected chi connectivity index (χ4v) is 2.25. The molecule has 0 bridgehead atoms. The van der Waals surface area contributed by atoms with E-state index in [1.807, 2.05) is 6.26 Å². The van der Waals surface area contributed by atoms with Gasteiger partial charge in [-0.2, -0.15) is 11.8 Å². The van der Waals surface area contributed by atoms with Crippen molar-refractivity contribution in [2.45, 2.75) is 25.7 Å². The van der Waals surface area contributed by atoms with Crippen molar-refractivity contribution in [3.05, 3.63) is 0 Å². The van der Waals surface area contributed by atoms with Crippen molar-refractivity contribution in [2.75, 3.05) is 18.6 Å². The highest BCUT2D eigenvalue weighted by molar-refractivity contribution is 7.98. The lowest BCUT2D eigenvalue weighted by atomic mass is 9.67. The molecule has 0 aromatic carbocycles. The number of nitrogens with two attached hydrogens (primary N) is 1. The number of carbonyl (C=O) groups is 1. The zero-order chi connectivity index (χ0) is 12.0. The maximum absolute atomic E-state index is 11.9. The summed E-state index contributed by atoms with van der Waals surface area (Å²) in [6.07, 6.45) is 5.29. The molecule has 5 nitrogen and oxygen atoms in total. The molecule has 1 saturated carbocycles. The van der Waals surface area contributed by atoms with E-state index in [1.54, 1.807) is 11.8 Å². The lowest BCUT2D eigenvalue weighted by molar-refractivity contribution is -0.131. The predicted octanol–water partition coefficient (Wildman–Crippen LogP) is 0.772. The number of hydrogen-bond acceptors (Lipinski definition) is 4. The second kappa shape index (κ2) is 5.98. The average molecular weight is 245 g/mol. The van der Waals surface area contributed by atoms with Gasteiger partial charge in [0.05, 0.1) is 0 Å². The maximum atomic E-state index is 11.9. The van der Waals surface area contributed by atoms with Crippen LogP contribution in [0.1, 0.15) is 25.7 Å². The molecule has 0 atom stereocenters. The Bertz CT molecular complexity index is 277. The van der Waals surface area contributed by atoms with Crippen LogP contribution in [0.2, 0.25) is 0 Å². The van der Waals surface area contributed by atoms with Gasteiger partial charge < -0.3 is 16.3 Å². The standard InChI is InChI=1S/C10H19N3O2S/c1-16-7-3-6-12-9(14)10(4-2-5-10)8(11)13-15/h15H,2-7H2,1H3,(H2,11,13)(H,12,14). The Morgan fingerprint density at radius 1 is 1.62 bits per heavy atom. The van der Waals surface area contributed by atoms with Crippen molar-refractivity contribution in [1.82, 2.24) is 5.32 Å². The molecule has 1 amide bonds. The van der Waals surface area contributed by atoms with Gasteiger partial charge in [-0.1, -0.05) is 11.6 Å². The number of rotatable bonds is 6. The van der Waals surface area contributed by atoms with Gasteiger partial charge in [-0.3, -0.25) is 4.79 Å². The molecule has 1 aliphatic rings. The summed E-state index contributed by atoms with van der Waals surface area (Å²) in [6.45, 7) is 0.653. The van der Waals surface area contributed by atoms with E-state index in [1.165, 1.54) is 0 Å². The highest BCUT2D eigenvalue weighted by atomic mass is 32.2. The Hall–Kier alpha value is -0.910. The minimum Gasteiger partial charge on any atom is -0.409 e. The lowest BCUT2D eigenvalue weighted by Crippen LogP contribution is -2.54. The largest absolute Gasteiger partial charge is 0.409 e. The molecule has 1 rings (SSSR count). The van der Waals surface area contributed by atoms with Crippen LogP contribution in [0.3, 0.4) is 0 Å². The second-order valence-electron chi connectivity index (χ2n) is 4.02. The summed E-state index contributed by atoms with van der Waals surface area (Å²) in [5.74, 6) is 0.966. The fraction of sp³-hybridized carbons (Fsp3) is 0.800. The molecule has 6 heteroatoms. The smallest absolute Gasteiger partial charge is 0.233 e. The summed E-state index contributed by atoms with van der Waals surface area (Å²) in [6, 6.07) is 0.